The number of sulfonamides is 1. The minimum Gasteiger partial charge on any atom is -0.354 e. The quantitative estimate of drug-likeness (QED) is 0.448. The maximum Gasteiger partial charge on any atom is 0.244 e. The molecular formula is C25H33Cl2N3O4S. The molecule has 0 radical (unpaired) electrons. The average Bonchev–Trinajstić information content (AvgIpc) is 2.78. The fourth-order valence-corrected chi connectivity index (χ4v) is 4.62. The van der Waals surface area contributed by atoms with Crippen molar-refractivity contribution in [2.45, 2.75) is 46.7 Å². The minimum absolute atomic E-state index is 0.158. The van der Waals surface area contributed by atoms with Gasteiger partial charge in [0.25, 0.3) is 0 Å². The van der Waals surface area contributed by atoms with Crippen LogP contribution in [-0.4, -0.2) is 50.5 Å². The number of nitrogens with zero attached hydrogens (tertiary/aromatic N) is 2. The zero-order valence-corrected chi connectivity index (χ0v) is 23.0. The van der Waals surface area contributed by atoms with E-state index in [0.717, 1.165) is 21.7 Å². The first kappa shape index (κ1) is 28.9. The van der Waals surface area contributed by atoms with Crippen LogP contribution in [0.15, 0.2) is 42.5 Å². The molecule has 0 saturated heterocycles. The summed E-state index contributed by atoms with van der Waals surface area (Å²) in [6.45, 7) is 7.89. The topological polar surface area (TPSA) is 86.8 Å². The number of hydrogen-bond donors (Lipinski definition) is 1. The molecule has 0 heterocycles. The second-order valence-corrected chi connectivity index (χ2v) is 11.7. The van der Waals surface area contributed by atoms with Crippen molar-refractivity contribution in [3.8, 4) is 0 Å². The van der Waals surface area contributed by atoms with Gasteiger partial charge < -0.3 is 10.2 Å². The van der Waals surface area contributed by atoms with Gasteiger partial charge in [0.2, 0.25) is 21.8 Å². The Bertz CT molecular complexity index is 1140. The third-order valence-corrected chi connectivity index (χ3v) is 7.29. The van der Waals surface area contributed by atoms with Crippen molar-refractivity contribution in [2.24, 2.45) is 5.92 Å². The highest BCUT2D eigenvalue weighted by molar-refractivity contribution is 7.92. The SMILES string of the molecule is CCC(C(=O)NCC(C)C)N(Cc1ccc(C)cc1)C(=O)CN(c1ccc(Cl)c(Cl)c1)S(C)(=O)=O. The van der Waals surface area contributed by atoms with E-state index in [-0.39, 0.29) is 34.1 Å². The Morgan fingerprint density at radius 1 is 1.03 bits per heavy atom. The van der Waals surface area contributed by atoms with Gasteiger partial charge in [-0.05, 0) is 43.0 Å². The van der Waals surface area contributed by atoms with Crippen molar-refractivity contribution in [3.63, 3.8) is 0 Å². The largest absolute Gasteiger partial charge is 0.354 e. The van der Waals surface area contributed by atoms with Crippen LogP contribution in [0.3, 0.4) is 0 Å². The first-order valence-electron chi connectivity index (χ1n) is 11.4. The van der Waals surface area contributed by atoms with Crippen molar-refractivity contribution >= 4 is 50.7 Å². The maximum atomic E-state index is 13.6. The molecule has 0 aliphatic heterocycles. The molecule has 2 aromatic rings. The van der Waals surface area contributed by atoms with E-state index in [1.54, 1.807) is 0 Å². The second-order valence-electron chi connectivity index (χ2n) is 8.94. The lowest BCUT2D eigenvalue weighted by molar-refractivity contribution is -0.140. The summed E-state index contributed by atoms with van der Waals surface area (Å²) in [6.07, 6.45) is 1.38. The van der Waals surface area contributed by atoms with Crippen LogP contribution in [0.25, 0.3) is 0 Å². The number of hydrogen-bond acceptors (Lipinski definition) is 4. The van der Waals surface area contributed by atoms with E-state index < -0.39 is 28.5 Å². The number of halogens is 2. The lowest BCUT2D eigenvalue weighted by atomic mass is 10.1. The Morgan fingerprint density at radius 3 is 2.17 bits per heavy atom. The fraction of sp³-hybridized carbons (Fsp3) is 0.440. The highest BCUT2D eigenvalue weighted by Crippen LogP contribution is 2.28. The molecule has 35 heavy (non-hydrogen) atoms. The van der Waals surface area contributed by atoms with Gasteiger partial charge in [-0.15, -0.1) is 0 Å². The number of amides is 2. The van der Waals surface area contributed by atoms with E-state index in [1.165, 1.54) is 23.1 Å². The summed E-state index contributed by atoms with van der Waals surface area (Å²) in [4.78, 5) is 28.1. The van der Waals surface area contributed by atoms with Crippen LogP contribution in [0.1, 0.15) is 38.3 Å². The molecule has 0 aromatic heterocycles. The van der Waals surface area contributed by atoms with Crippen LogP contribution in [0.4, 0.5) is 5.69 Å². The van der Waals surface area contributed by atoms with Crippen molar-refractivity contribution < 1.29 is 18.0 Å². The third-order valence-electron chi connectivity index (χ3n) is 5.41. The van der Waals surface area contributed by atoms with Crippen LogP contribution in [0, 0.1) is 12.8 Å². The molecule has 1 N–H and O–H groups in total. The number of aryl methyl sites for hydroxylation is 1. The van der Waals surface area contributed by atoms with Gasteiger partial charge in [0.05, 0.1) is 22.0 Å². The summed E-state index contributed by atoms with van der Waals surface area (Å²) in [7, 11) is -3.85. The number of carbonyl (C=O) groups is 2. The predicted octanol–water partition coefficient (Wildman–Crippen LogP) is 4.65. The van der Waals surface area contributed by atoms with Crippen LogP contribution in [-0.2, 0) is 26.2 Å². The number of rotatable bonds is 11. The van der Waals surface area contributed by atoms with Crippen molar-refractivity contribution in [1.29, 1.82) is 0 Å². The Hall–Kier alpha value is -2.29. The molecule has 0 saturated carbocycles. The molecule has 2 aromatic carbocycles. The smallest absolute Gasteiger partial charge is 0.244 e. The van der Waals surface area contributed by atoms with Gasteiger partial charge >= 0.3 is 0 Å². The lowest BCUT2D eigenvalue weighted by Gasteiger charge is -2.33. The molecule has 10 heteroatoms. The maximum absolute atomic E-state index is 13.6. The molecule has 1 unspecified atom stereocenters. The number of anilines is 1. The molecule has 0 spiro atoms. The first-order chi connectivity index (χ1) is 16.3. The van der Waals surface area contributed by atoms with E-state index in [1.807, 2.05) is 52.0 Å². The van der Waals surface area contributed by atoms with Gasteiger partial charge in [-0.25, -0.2) is 8.42 Å². The van der Waals surface area contributed by atoms with Crippen LogP contribution in [0.5, 0.6) is 0 Å². The minimum atomic E-state index is -3.85. The van der Waals surface area contributed by atoms with Gasteiger partial charge in [0.1, 0.15) is 12.6 Å². The Kier molecular flexibility index (Phi) is 10.4. The van der Waals surface area contributed by atoms with E-state index in [2.05, 4.69) is 5.32 Å². The van der Waals surface area contributed by atoms with Crippen LogP contribution < -0.4 is 9.62 Å². The number of carbonyl (C=O) groups excluding carboxylic acids is 2. The van der Waals surface area contributed by atoms with E-state index in [0.29, 0.717) is 13.0 Å². The molecule has 0 aliphatic rings. The molecule has 0 bridgehead atoms. The fourth-order valence-electron chi connectivity index (χ4n) is 3.49. The van der Waals surface area contributed by atoms with Crippen LogP contribution in [0.2, 0.25) is 10.0 Å². The van der Waals surface area contributed by atoms with E-state index >= 15 is 0 Å². The van der Waals surface area contributed by atoms with Gasteiger partial charge in [-0.2, -0.15) is 0 Å². The molecule has 0 fully saturated rings. The molecule has 1 atom stereocenters. The number of nitrogens with one attached hydrogen (secondary N) is 1. The van der Waals surface area contributed by atoms with Gasteiger partial charge in [0.15, 0.2) is 0 Å². The molecule has 2 rings (SSSR count). The van der Waals surface area contributed by atoms with Crippen LogP contribution >= 0.6 is 23.2 Å². The van der Waals surface area contributed by atoms with Gasteiger partial charge in [-0.3, -0.25) is 13.9 Å². The van der Waals surface area contributed by atoms with Gasteiger partial charge in [0, 0.05) is 13.1 Å². The Balaban J connectivity index is 2.43. The van der Waals surface area contributed by atoms with Gasteiger partial charge in [-0.1, -0.05) is 73.8 Å². The van der Waals surface area contributed by atoms with Crippen molar-refractivity contribution in [1.82, 2.24) is 10.2 Å². The summed E-state index contributed by atoms with van der Waals surface area (Å²) >= 11 is 12.1. The summed E-state index contributed by atoms with van der Waals surface area (Å²) < 4.78 is 26.2. The van der Waals surface area contributed by atoms with E-state index in [4.69, 9.17) is 23.2 Å². The summed E-state index contributed by atoms with van der Waals surface area (Å²) in [5.41, 5.74) is 2.11. The normalized spacial score (nSPS) is 12.3. The summed E-state index contributed by atoms with van der Waals surface area (Å²) in [5, 5.41) is 3.33. The molecule has 0 aliphatic carbocycles. The highest BCUT2D eigenvalue weighted by Gasteiger charge is 2.31. The van der Waals surface area contributed by atoms with Crippen molar-refractivity contribution in [3.05, 3.63) is 63.6 Å². The zero-order chi connectivity index (χ0) is 26.3. The predicted molar refractivity (Wildman–Crippen MR) is 142 cm³/mol. The molecule has 192 valence electrons. The standard InChI is InChI=1S/C25H33Cl2N3O4S/c1-6-23(25(32)28-14-17(2)3)29(15-19-9-7-18(4)8-10-19)24(31)16-30(35(5,33)34)20-11-12-21(26)22(27)13-20/h7-13,17,23H,6,14-16H2,1-5H3,(H,28,32). The lowest BCUT2D eigenvalue weighted by Crippen LogP contribution is -2.52. The Labute approximate surface area is 218 Å². The molecular weight excluding hydrogens is 509 g/mol. The summed E-state index contributed by atoms with van der Waals surface area (Å²) in [6, 6.07) is 11.2. The highest BCUT2D eigenvalue weighted by atomic mass is 35.5. The first-order valence-corrected chi connectivity index (χ1v) is 14.0. The summed E-state index contributed by atoms with van der Waals surface area (Å²) in [5.74, 6) is -0.538. The number of benzene rings is 2. The monoisotopic (exact) mass is 541 g/mol. The third kappa shape index (κ3) is 8.40. The molecule has 2 amide bonds. The second kappa shape index (κ2) is 12.6. The Morgan fingerprint density at radius 2 is 1.66 bits per heavy atom. The average molecular weight is 543 g/mol. The zero-order valence-electron chi connectivity index (χ0n) is 20.7. The van der Waals surface area contributed by atoms with E-state index in [9.17, 15) is 18.0 Å². The van der Waals surface area contributed by atoms with Crippen molar-refractivity contribution in [2.75, 3.05) is 23.7 Å². The molecule has 7 nitrogen and oxygen atoms in total.